The van der Waals surface area contributed by atoms with Gasteiger partial charge in [0.2, 0.25) is 0 Å². The van der Waals surface area contributed by atoms with Crippen LogP contribution in [-0.2, 0) is 4.74 Å². The highest BCUT2D eigenvalue weighted by Gasteiger charge is 2.20. The van der Waals surface area contributed by atoms with Gasteiger partial charge in [-0.3, -0.25) is 0 Å². The summed E-state index contributed by atoms with van der Waals surface area (Å²) in [7, 11) is 0. The predicted octanol–water partition coefficient (Wildman–Crippen LogP) is 4.38. The summed E-state index contributed by atoms with van der Waals surface area (Å²) in [4.78, 5) is 0. The second-order valence-corrected chi connectivity index (χ2v) is 4.17. The van der Waals surface area contributed by atoms with Crippen LogP contribution in [0.5, 0.6) is 0 Å². The van der Waals surface area contributed by atoms with Gasteiger partial charge in [0.25, 0.3) is 0 Å². The average molecular weight is 282 g/mol. The maximum atomic E-state index is 13.7. The zero-order valence-corrected chi connectivity index (χ0v) is 13.4. The molecule has 0 bridgehead atoms. The van der Waals surface area contributed by atoms with E-state index >= 15 is 0 Å². The Bertz CT molecular complexity index is 429. The fourth-order valence-electron chi connectivity index (χ4n) is 1.78. The van der Waals surface area contributed by atoms with Crippen molar-refractivity contribution in [3.63, 3.8) is 0 Å². The van der Waals surface area contributed by atoms with Crippen LogP contribution in [0.4, 0.5) is 10.1 Å². The number of benzene rings is 1. The summed E-state index contributed by atoms with van der Waals surface area (Å²) in [5, 5.41) is 10.8. The Labute approximate surface area is 122 Å². The zero-order valence-electron chi connectivity index (χ0n) is 13.4. The molecule has 0 spiro atoms. The first-order chi connectivity index (χ1) is 9.58. The number of nitrogens with one attached hydrogen (secondary N) is 2. The number of aryl methyl sites for hydroxylation is 1. The number of halogens is 1. The normalized spacial score (nSPS) is 13.2. The van der Waals surface area contributed by atoms with Gasteiger partial charge in [0, 0.05) is 11.4 Å². The molecule has 0 atom stereocenters. The Morgan fingerprint density at radius 2 is 1.80 bits per heavy atom. The summed E-state index contributed by atoms with van der Waals surface area (Å²) < 4.78 is 18.8. The lowest BCUT2D eigenvalue weighted by molar-refractivity contribution is 0.0211. The Morgan fingerprint density at radius 3 is 2.20 bits per heavy atom. The van der Waals surface area contributed by atoms with Gasteiger partial charge in [-0.2, -0.15) is 0 Å². The Hall–Kier alpha value is -1.42. The fraction of sp³-hybridized carbons (Fsp3) is 0.562. The second-order valence-electron chi connectivity index (χ2n) is 4.17. The van der Waals surface area contributed by atoms with E-state index in [9.17, 15) is 4.39 Å². The van der Waals surface area contributed by atoms with Crippen LogP contribution in [0.25, 0.3) is 0 Å². The lowest BCUT2D eigenvalue weighted by atomic mass is 10.0. The van der Waals surface area contributed by atoms with Gasteiger partial charge in [-0.05, 0) is 31.5 Å². The molecule has 0 radical (unpaired) electrons. The van der Waals surface area contributed by atoms with Crippen molar-refractivity contribution in [3.05, 3.63) is 29.1 Å². The summed E-state index contributed by atoms with van der Waals surface area (Å²) in [5.74, 6) is -0.338. The maximum absolute atomic E-state index is 13.7. The SMILES string of the molecule is CC.CC.CC(=N)c1c(F)cc(C)cc1NC1COC1. The number of anilines is 1. The fourth-order valence-corrected chi connectivity index (χ4v) is 1.78. The van der Waals surface area contributed by atoms with Crippen molar-refractivity contribution >= 4 is 11.4 Å². The molecule has 2 rings (SSSR count). The summed E-state index contributed by atoms with van der Waals surface area (Å²) in [6.45, 7) is 12.7. The molecule has 1 heterocycles. The Morgan fingerprint density at radius 1 is 1.25 bits per heavy atom. The van der Waals surface area contributed by atoms with Crippen LogP contribution in [-0.4, -0.2) is 25.0 Å². The number of rotatable bonds is 3. The van der Waals surface area contributed by atoms with E-state index in [-0.39, 0.29) is 17.6 Å². The second kappa shape index (κ2) is 9.48. The van der Waals surface area contributed by atoms with E-state index in [1.54, 1.807) is 6.92 Å². The van der Waals surface area contributed by atoms with E-state index in [0.29, 0.717) is 24.5 Å². The molecule has 2 N–H and O–H groups in total. The number of ether oxygens (including phenoxy) is 1. The minimum Gasteiger partial charge on any atom is -0.377 e. The molecule has 0 aliphatic carbocycles. The van der Waals surface area contributed by atoms with Crippen LogP contribution in [0.15, 0.2) is 12.1 Å². The molecule has 3 nitrogen and oxygen atoms in total. The molecule has 1 aromatic rings. The Balaban J connectivity index is 0.000000829. The number of hydrogen-bond donors (Lipinski definition) is 2. The number of hydrogen-bond acceptors (Lipinski definition) is 3. The molecule has 0 aromatic heterocycles. The van der Waals surface area contributed by atoms with E-state index in [1.807, 2.05) is 40.7 Å². The van der Waals surface area contributed by atoms with Crippen molar-refractivity contribution in [2.24, 2.45) is 0 Å². The predicted molar refractivity (Wildman–Crippen MR) is 84.6 cm³/mol. The summed E-state index contributed by atoms with van der Waals surface area (Å²) in [6, 6.07) is 3.56. The van der Waals surface area contributed by atoms with Crippen LogP contribution in [0.3, 0.4) is 0 Å². The molecule has 0 unspecified atom stereocenters. The zero-order chi connectivity index (χ0) is 15.7. The minimum atomic E-state index is -0.338. The molecule has 0 amide bonds. The van der Waals surface area contributed by atoms with Crippen molar-refractivity contribution in [1.82, 2.24) is 0 Å². The first-order valence-corrected chi connectivity index (χ1v) is 7.28. The van der Waals surface area contributed by atoms with Crippen molar-refractivity contribution in [1.29, 1.82) is 5.41 Å². The van der Waals surface area contributed by atoms with Crippen molar-refractivity contribution in [2.75, 3.05) is 18.5 Å². The molecule has 20 heavy (non-hydrogen) atoms. The summed E-state index contributed by atoms with van der Waals surface area (Å²) in [6.07, 6.45) is 0. The lowest BCUT2D eigenvalue weighted by Gasteiger charge is -2.29. The third kappa shape index (κ3) is 4.93. The third-order valence-electron chi connectivity index (χ3n) is 2.61. The van der Waals surface area contributed by atoms with Gasteiger partial charge in [-0.1, -0.05) is 27.7 Å². The highest BCUT2D eigenvalue weighted by atomic mass is 19.1. The quantitative estimate of drug-likeness (QED) is 0.808. The van der Waals surface area contributed by atoms with E-state index in [1.165, 1.54) is 6.07 Å². The first kappa shape index (κ1) is 18.6. The average Bonchev–Trinajstić information content (AvgIpc) is 2.37. The van der Waals surface area contributed by atoms with Gasteiger partial charge in [0.15, 0.2) is 0 Å². The van der Waals surface area contributed by atoms with Crippen LogP contribution in [0.1, 0.15) is 45.7 Å². The standard InChI is InChI=1S/C12H15FN2O.2C2H6/c1-7-3-10(13)12(8(2)14)11(4-7)15-9-5-16-6-9;2*1-2/h3-4,9,14-15H,5-6H2,1-2H3;2*1-2H3. The minimum absolute atomic E-state index is 0.235. The van der Waals surface area contributed by atoms with Gasteiger partial charge in [0.1, 0.15) is 5.82 Å². The largest absolute Gasteiger partial charge is 0.377 e. The highest BCUT2D eigenvalue weighted by Crippen LogP contribution is 2.23. The van der Waals surface area contributed by atoms with Crippen molar-refractivity contribution in [2.45, 2.75) is 47.6 Å². The van der Waals surface area contributed by atoms with Gasteiger partial charge in [-0.15, -0.1) is 0 Å². The smallest absolute Gasteiger partial charge is 0.134 e. The molecule has 1 aliphatic heterocycles. The molecular weight excluding hydrogens is 255 g/mol. The van der Waals surface area contributed by atoms with E-state index in [4.69, 9.17) is 10.1 Å². The topological polar surface area (TPSA) is 45.1 Å². The summed E-state index contributed by atoms with van der Waals surface area (Å²) >= 11 is 0. The maximum Gasteiger partial charge on any atom is 0.134 e. The van der Waals surface area contributed by atoms with Gasteiger partial charge in [0.05, 0.1) is 24.8 Å². The lowest BCUT2D eigenvalue weighted by Crippen LogP contribution is -2.40. The Kier molecular flexibility index (Phi) is 8.81. The molecule has 4 heteroatoms. The van der Waals surface area contributed by atoms with E-state index in [2.05, 4.69) is 5.32 Å². The summed E-state index contributed by atoms with van der Waals surface area (Å²) in [5.41, 5.74) is 2.14. The van der Waals surface area contributed by atoms with E-state index < -0.39 is 0 Å². The molecule has 1 saturated heterocycles. The molecular formula is C16H27FN2O. The molecule has 1 aromatic carbocycles. The van der Waals surface area contributed by atoms with Crippen LogP contribution < -0.4 is 5.32 Å². The highest BCUT2D eigenvalue weighted by molar-refractivity contribution is 6.01. The molecule has 1 fully saturated rings. The van der Waals surface area contributed by atoms with Crippen LogP contribution in [0.2, 0.25) is 0 Å². The van der Waals surface area contributed by atoms with Gasteiger partial charge < -0.3 is 15.5 Å². The van der Waals surface area contributed by atoms with E-state index in [0.717, 1.165) is 5.56 Å². The van der Waals surface area contributed by atoms with Crippen LogP contribution in [0, 0.1) is 18.2 Å². The van der Waals surface area contributed by atoms with Gasteiger partial charge in [-0.25, -0.2) is 4.39 Å². The van der Waals surface area contributed by atoms with Crippen LogP contribution >= 0.6 is 0 Å². The molecule has 0 saturated carbocycles. The molecule has 1 aliphatic rings. The molecule has 114 valence electrons. The first-order valence-electron chi connectivity index (χ1n) is 7.28. The van der Waals surface area contributed by atoms with Crippen molar-refractivity contribution < 1.29 is 9.13 Å². The van der Waals surface area contributed by atoms with Gasteiger partial charge >= 0.3 is 0 Å². The van der Waals surface area contributed by atoms with Crippen molar-refractivity contribution in [3.8, 4) is 0 Å². The third-order valence-corrected chi connectivity index (χ3v) is 2.61. The monoisotopic (exact) mass is 282 g/mol.